The fourth-order valence-electron chi connectivity index (χ4n) is 3.05. The predicted molar refractivity (Wildman–Crippen MR) is 122 cm³/mol. The van der Waals surface area contributed by atoms with Crippen LogP contribution in [-0.4, -0.2) is 61.0 Å². The number of nitrogens with one attached hydrogen (secondary N) is 3. The van der Waals surface area contributed by atoms with Crippen LogP contribution < -0.4 is 16.0 Å². The second-order valence-corrected chi connectivity index (χ2v) is 6.78. The van der Waals surface area contributed by atoms with Crippen molar-refractivity contribution < 1.29 is 4.79 Å². The van der Waals surface area contributed by atoms with Crippen molar-refractivity contribution in [2.75, 3.05) is 38.5 Å². The van der Waals surface area contributed by atoms with E-state index in [9.17, 15) is 4.79 Å². The van der Waals surface area contributed by atoms with Crippen LogP contribution in [0.15, 0.2) is 23.3 Å². The van der Waals surface area contributed by atoms with E-state index in [4.69, 9.17) is 0 Å². The minimum absolute atomic E-state index is 0. The molecule has 1 aliphatic heterocycles. The van der Waals surface area contributed by atoms with Crippen LogP contribution in [0, 0.1) is 6.92 Å². The molecule has 0 saturated carbocycles. The molecule has 8 heteroatoms. The molecule has 2 rings (SSSR count). The average molecular weight is 488 g/mol. The van der Waals surface area contributed by atoms with Crippen LogP contribution in [0.25, 0.3) is 0 Å². The van der Waals surface area contributed by atoms with Crippen molar-refractivity contribution in [1.82, 2.24) is 20.5 Å². The van der Waals surface area contributed by atoms with E-state index in [0.717, 1.165) is 37.5 Å². The first-order chi connectivity index (χ1) is 12.6. The van der Waals surface area contributed by atoms with Gasteiger partial charge >= 0.3 is 0 Å². The second kappa shape index (κ2) is 12.9. The largest absolute Gasteiger partial charge is 0.356 e. The molecule has 7 nitrogen and oxygen atoms in total. The summed E-state index contributed by atoms with van der Waals surface area (Å²) in [6, 6.07) is 4.18. The Labute approximate surface area is 179 Å². The Balaban J connectivity index is 0.00000364. The first-order valence-electron chi connectivity index (χ1n) is 9.52. The Kier molecular flexibility index (Phi) is 11.3. The van der Waals surface area contributed by atoms with E-state index in [2.05, 4.69) is 37.8 Å². The Morgan fingerprint density at radius 1 is 1.33 bits per heavy atom. The van der Waals surface area contributed by atoms with Gasteiger partial charge in [-0.05, 0) is 44.4 Å². The normalized spacial score (nSPS) is 15.7. The average Bonchev–Trinajstić information content (AvgIpc) is 2.64. The Bertz CT molecular complexity index is 584. The first-order valence-corrected chi connectivity index (χ1v) is 9.52. The molecule has 1 saturated heterocycles. The molecule has 0 radical (unpaired) electrons. The van der Waals surface area contributed by atoms with Gasteiger partial charge in [0.2, 0.25) is 5.91 Å². The summed E-state index contributed by atoms with van der Waals surface area (Å²) < 4.78 is 0. The summed E-state index contributed by atoms with van der Waals surface area (Å²) in [6.45, 7) is 8.18. The number of hydrogen-bond acceptors (Lipinski definition) is 4. The van der Waals surface area contributed by atoms with E-state index < -0.39 is 0 Å². The van der Waals surface area contributed by atoms with Gasteiger partial charge in [0.25, 0.3) is 0 Å². The number of likely N-dealkylation sites (tertiary alicyclic amines) is 1. The maximum Gasteiger partial charge on any atom is 0.227 e. The highest BCUT2D eigenvalue weighted by Gasteiger charge is 2.19. The lowest BCUT2D eigenvalue weighted by molar-refractivity contribution is -0.116. The Morgan fingerprint density at radius 3 is 2.67 bits per heavy atom. The number of amides is 1. The van der Waals surface area contributed by atoms with Gasteiger partial charge in [0, 0.05) is 45.3 Å². The van der Waals surface area contributed by atoms with Crippen LogP contribution in [0.3, 0.4) is 0 Å². The molecule has 1 aliphatic rings. The van der Waals surface area contributed by atoms with Gasteiger partial charge in [0.05, 0.1) is 0 Å². The predicted octanol–water partition coefficient (Wildman–Crippen LogP) is 2.38. The van der Waals surface area contributed by atoms with Gasteiger partial charge in [-0.15, -0.1) is 24.0 Å². The molecule has 0 aromatic carbocycles. The molecule has 0 spiro atoms. The van der Waals surface area contributed by atoms with E-state index in [-0.39, 0.29) is 29.9 Å². The molecule has 1 aromatic rings. The second-order valence-electron chi connectivity index (χ2n) is 6.78. The molecular weight excluding hydrogens is 455 g/mol. The molecule has 2 heterocycles. The van der Waals surface area contributed by atoms with Crippen molar-refractivity contribution >= 4 is 41.7 Å². The molecule has 1 fully saturated rings. The van der Waals surface area contributed by atoms with E-state index in [0.29, 0.717) is 24.8 Å². The van der Waals surface area contributed by atoms with Crippen LogP contribution in [0.4, 0.5) is 5.82 Å². The third-order valence-corrected chi connectivity index (χ3v) is 4.52. The number of guanidine groups is 1. The number of hydrogen-bond donors (Lipinski definition) is 3. The minimum atomic E-state index is -0.0582. The third-order valence-electron chi connectivity index (χ3n) is 4.52. The summed E-state index contributed by atoms with van der Waals surface area (Å²) in [7, 11) is 1.76. The number of aliphatic imine (C=N–C) groups is 1. The third kappa shape index (κ3) is 8.87. The molecule has 0 unspecified atom stereocenters. The van der Waals surface area contributed by atoms with Crippen molar-refractivity contribution in [2.24, 2.45) is 4.99 Å². The van der Waals surface area contributed by atoms with Gasteiger partial charge in [-0.2, -0.15) is 0 Å². The number of aryl methyl sites for hydroxylation is 1. The SMILES string of the molecule is CCCN1CCC(NC(=NC)NCCC(=O)Nc2ccc(C)cn2)CC1.I. The van der Waals surface area contributed by atoms with Gasteiger partial charge in [-0.25, -0.2) is 4.98 Å². The summed E-state index contributed by atoms with van der Waals surface area (Å²) >= 11 is 0. The molecule has 1 aromatic heterocycles. The van der Waals surface area contributed by atoms with Gasteiger partial charge < -0.3 is 20.9 Å². The molecule has 1 amide bonds. The van der Waals surface area contributed by atoms with Crippen molar-refractivity contribution in [1.29, 1.82) is 0 Å². The van der Waals surface area contributed by atoms with Gasteiger partial charge in [0.1, 0.15) is 5.82 Å². The van der Waals surface area contributed by atoms with Crippen molar-refractivity contribution in [2.45, 2.75) is 45.6 Å². The smallest absolute Gasteiger partial charge is 0.227 e. The number of carbonyl (C=O) groups is 1. The van der Waals surface area contributed by atoms with E-state index in [1.807, 2.05) is 19.1 Å². The fraction of sp³-hybridized carbons (Fsp3) is 0.632. The summed E-state index contributed by atoms with van der Waals surface area (Å²) in [5.41, 5.74) is 1.07. The van der Waals surface area contributed by atoms with E-state index in [1.54, 1.807) is 13.2 Å². The van der Waals surface area contributed by atoms with Crippen LogP contribution >= 0.6 is 24.0 Å². The summed E-state index contributed by atoms with van der Waals surface area (Å²) in [5.74, 6) is 1.29. The summed E-state index contributed by atoms with van der Waals surface area (Å²) in [6.07, 6.45) is 5.57. The van der Waals surface area contributed by atoms with Gasteiger partial charge in [-0.1, -0.05) is 13.0 Å². The van der Waals surface area contributed by atoms with Gasteiger partial charge in [0.15, 0.2) is 5.96 Å². The number of anilines is 1. The maximum absolute atomic E-state index is 12.0. The zero-order chi connectivity index (χ0) is 18.8. The summed E-state index contributed by atoms with van der Waals surface area (Å²) in [5, 5.41) is 9.49. The molecule has 0 bridgehead atoms. The molecule has 0 atom stereocenters. The highest BCUT2D eigenvalue weighted by molar-refractivity contribution is 14.0. The van der Waals surface area contributed by atoms with Crippen LogP contribution in [0.2, 0.25) is 0 Å². The number of carbonyl (C=O) groups excluding carboxylic acids is 1. The zero-order valence-electron chi connectivity index (χ0n) is 16.6. The first kappa shape index (κ1) is 23.6. The lowest BCUT2D eigenvalue weighted by Crippen LogP contribution is -2.49. The maximum atomic E-state index is 12.0. The van der Waals surface area contributed by atoms with E-state index in [1.165, 1.54) is 13.0 Å². The van der Waals surface area contributed by atoms with E-state index >= 15 is 0 Å². The quantitative estimate of drug-likeness (QED) is 0.312. The van der Waals surface area contributed by atoms with Crippen LogP contribution in [0.5, 0.6) is 0 Å². The number of piperidine rings is 1. The minimum Gasteiger partial charge on any atom is -0.356 e. The number of pyridine rings is 1. The Morgan fingerprint density at radius 2 is 2.07 bits per heavy atom. The molecule has 27 heavy (non-hydrogen) atoms. The lowest BCUT2D eigenvalue weighted by atomic mass is 10.1. The molecule has 3 N–H and O–H groups in total. The summed E-state index contributed by atoms with van der Waals surface area (Å²) in [4.78, 5) is 23.0. The number of aromatic nitrogens is 1. The van der Waals surface area contributed by atoms with Crippen LogP contribution in [-0.2, 0) is 4.79 Å². The fourth-order valence-corrected chi connectivity index (χ4v) is 3.05. The van der Waals surface area contributed by atoms with Crippen molar-refractivity contribution in [3.05, 3.63) is 23.9 Å². The standard InChI is InChI=1S/C19H32N6O.HI/c1-4-11-25-12-8-16(9-13-25)23-19(20-3)21-10-7-18(26)24-17-6-5-15(2)14-22-17;/h5-6,14,16H,4,7-13H2,1-3H3,(H2,20,21,23)(H,22,24,26);1H. The number of halogens is 1. The zero-order valence-corrected chi connectivity index (χ0v) is 19.0. The topological polar surface area (TPSA) is 81.6 Å². The molecule has 152 valence electrons. The van der Waals surface area contributed by atoms with Crippen LogP contribution in [0.1, 0.15) is 38.2 Å². The highest BCUT2D eigenvalue weighted by atomic mass is 127. The molecule has 0 aliphatic carbocycles. The van der Waals surface area contributed by atoms with Gasteiger partial charge in [-0.3, -0.25) is 9.79 Å². The Hall–Kier alpha value is -1.42. The van der Waals surface area contributed by atoms with Crippen molar-refractivity contribution in [3.63, 3.8) is 0 Å². The number of rotatable bonds is 7. The lowest BCUT2D eigenvalue weighted by Gasteiger charge is -2.32. The molecular formula is C19H33IN6O. The number of nitrogens with zero attached hydrogens (tertiary/aromatic N) is 3. The highest BCUT2D eigenvalue weighted by Crippen LogP contribution is 2.10. The van der Waals surface area contributed by atoms with Crippen molar-refractivity contribution in [3.8, 4) is 0 Å². The monoisotopic (exact) mass is 488 g/mol.